The van der Waals surface area contributed by atoms with E-state index in [1.54, 1.807) is 36.4 Å². The maximum absolute atomic E-state index is 14.8. The van der Waals surface area contributed by atoms with Gasteiger partial charge in [0.2, 0.25) is 5.91 Å². The van der Waals surface area contributed by atoms with Gasteiger partial charge in [-0.1, -0.05) is 179 Å². The van der Waals surface area contributed by atoms with Crippen LogP contribution in [0.5, 0.6) is 11.5 Å². The van der Waals surface area contributed by atoms with Crippen LogP contribution >= 0.6 is 7.82 Å². The zero-order valence-electron chi connectivity index (χ0n) is 40.8. The summed E-state index contributed by atoms with van der Waals surface area (Å²) in [5, 5.41) is 35.6. The van der Waals surface area contributed by atoms with E-state index in [0.29, 0.717) is 25.7 Å². The van der Waals surface area contributed by atoms with Crippen molar-refractivity contribution in [2.24, 2.45) is 0 Å². The highest BCUT2D eigenvalue weighted by Crippen LogP contribution is 2.52. The van der Waals surface area contributed by atoms with Crippen LogP contribution in [0.4, 0.5) is 0 Å². The second kappa shape index (κ2) is 34.7. The Bertz CT molecular complexity index is 1610. The number of esters is 2. The molecule has 0 aliphatic carbocycles. The van der Waals surface area contributed by atoms with E-state index in [1.807, 2.05) is 0 Å². The lowest BCUT2D eigenvalue weighted by atomic mass is 9.96. The number of aliphatic hydroxyl groups is 3. The molecule has 3 unspecified atom stereocenters. The van der Waals surface area contributed by atoms with Crippen LogP contribution in [0.3, 0.4) is 0 Å². The van der Waals surface area contributed by atoms with Crippen molar-refractivity contribution in [1.82, 2.24) is 5.32 Å². The second-order valence-electron chi connectivity index (χ2n) is 18.0. The summed E-state index contributed by atoms with van der Waals surface area (Å²) in [6.45, 7) is 5.68. The molecule has 7 atom stereocenters. The third-order valence-electron chi connectivity index (χ3n) is 12.0. The Morgan fingerprint density at radius 2 is 1.12 bits per heavy atom. The monoisotopic (exact) mass is 962 g/mol. The molecule has 1 fully saturated rings. The highest BCUT2D eigenvalue weighted by Gasteiger charge is 2.53. The van der Waals surface area contributed by atoms with E-state index in [4.69, 9.17) is 27.8 Å². The van der Waals surface area contributed by atoms with Gasteiger partial charge in [-0.2, -0.15) is 0 Å². The predicted octanol–water partition coefficient (Wildman–Crippen LogP) is 11.2. The number of ether oxygens (including phenoxy) is 3. The summed E-state index contributed by atoms with van der Waals surface area (Å²) < 4.78 is 50.4. The van der Waals surface area contributed by atoms with E-state index in [2.05, 4.69) is 26.1 Å². The van der Waals surface area contributed by atoms with Crippen molar-refractivity contribution < 1.29 is 62.1 Å². The lowest BCUT2D eigenvalue weighted by Gasteiger charge is -2.44. The highest BCUT2D eigenvalue weighted by molar-refractivity contribution is 7.49. The van der Waals surface area contributed by atoms with Crippen LogP contribution in [0.15, 0.2) is 60.7 Å². The van der Waals surface area contributed by atoms with Gasteiger partial charge in [0.05, 0.1) is 25.6 Å². The molecular formula is C52H84NO13P. The number of hydrogen-bond donors (Lipinski definition) is 4. The summed E-state index contributed by atoms with van der Waals surface area (Å²) in [6, 6.07) is 14.7. The molecule has 14 nitrogen and oxygen atoms in total. The van der Waals surface area contributed by atoms with Crippen molar-refractivity contribution in [2.75, 3.05) is 6.61 Å². The molecule has 1 aliphatic heterocycles. The van der Waals surface area contributed by atoms with Gasteiger partial charge in [0, 0.05) is 6.42 Å². The Kier molecular flexibility index (Phi) is 29.9. The molecule has 0 saturated carbocycles. The maximum Gasteiger partial charge on any atom is 0.588 e. The zero-order valence-corrected chi connectivity index (χ0v) is 41.7. The van der Waals surface area contributed by atoms with Crippen LogP contribution in [0.1, 0.15) is 188 Å². The normalized spacial score (nSPS) is 19.3. The average Bonchev–Trinajstić information content (AvgIpc) is 3.30. The Labute approximate surface area is 401 Å². The van der Waals surface area contributed by atoms with E-state index in [9.17, 15) is 34.3 Å². The first-order valence-corrected chi connectivity index (χ1v) is 27.0. The zero-order chi connectivity index (χ0) is 48.5. The van der Waals surface area contributed by atoms with Crippen molar-refractivity contribution in [3.05, 3.63) is 60.7 Å². The van der Waals surface area contributed by atoms with E-state index in [0.717, 1.165) is 77.0 Å². The van der Waals surface area contributed by atoms with Gasteiger partial charge in [-0.3, -0.25) is 18.9 Å². The summed E-state index contributed by atoms with van der Waals surface area (Å²) in [7, 11) is -4.77. The second-order valence-corrected chi connectivity index (χ2v) is 19.5. The van der Waals surface area contributed by atoms with Gasteiger partial charge in [0.15, 0.2) is 12.4 Å². The third-order valence-corrected chi connectivity index (χ3v) is 13.4. The standard InChI is InChI=1S/C52H84NO13P/c1-4-7-10-13-15-16-18-20-24-31-41(55)38-46(56)53-49-51(63-48(58)39-44(36-25-19-12-9-6-3)61-47(57)37-30-21-17-14-11-8-5-2)50(45(40-54)62-52(49)59)66-67(60,64-42-32-26-22-27-33-42)65-43-34-28-23-29-35-43/h22-23,26-29,32-35,41,44-45,49-52,54-55,59H,4-21,24-25,30-31,36-40H2,1-3H3,(H,53,56)/t41?,44?,45-,49-,50-,51-,52?/m1/s1. The summed E-state index contributed by atoms with van der Waals surface area (Å²) in [5.74, 6) is -1.73. The Hall–Kier alpha value is -3.52. The largest absolute Gasteiger partial charge is 0.588 e. The van der Waals surface area contributed by atoms with Crippen LogP contribution in [0.25, 0.3) is 0 Å². The van der Waals surface area contributed by atoms with Gasteiger partial charge >= 0.3 is 19.8 Å². The number of hydrogen-bond acceptors (Lipinski definition) is 13. The molecule has 0 aromatic heterocycles. The van der Waals surface area contributed by atoms with Gasteiger partial charge in [-0.05, 0) is 49.9 Å². The average molecular weight is 962 g/mol. The Morgan fingerprint density at radius 3 is 1.63 bits per heavy atom. The number of carbonyl (C=O) groups is 3. The highest BCUT2D eigenvalue weighted by atomic mass is 31.2. The molecule has 4 N–H and O–H groups in total. The molecule has 380 valence electrons. The quantitative estimate of drug-likeness (QED) is 0.0282. The molecule has 2 aromatic carbocycles. The van der Waals surface area contributed by atoms with Crippen LogP contribution in [0, 0.1) is 0 Å². The van der Waals surface area contributed by atoms with Crippen molar-refractivity contribution in [1.29, 1.82) is 0 Å². The van der Waals surface area contributed by atoms with E-state index < -0.39 is 75.1 Å². The van der Waals surface area contributed by atoms with Gasteiger partial charge in [-0.25, -0.2) is 4.57 Å². The lowest BCUT2D eigenvalue weighted by Crippen LogP contribution is -2.66. The van der Waals surface area contributed by atoms with Crippen molar-refractivity contribution in [3.63, 3.8) is 0 Å². The molecule has 0 spiro atoms. The number of para-hydroxylation sites is 2. The minimum Gasteiger partial charge on any atom is -0.462 e. The van der Waals surface area contributed by atoms with Gasteiger partial charge in [0.1, 0.15) is 35.9 Å². The van der Waals surface area contributed by atoms with E-state index >= 15 is 0 Å². The van der Waals surface area contributed by atoms with Crippen molar-refractivity contribution in [3.8, 4) is 11.5 Å². The molecule has 2 aromatic rings. The molecule has 1 heterocycles. The van der Waals surface area contributed by atoms with Crippen LogP contribution in [-0.2, 0) is 37.7 Å². The summed E-state index contributed by atoms with van der Waals surface area (Å²) in [4.78, 5) is 40.9. The summed E-state index contributed by atoms with van der Waals surface area (Å²) >= 11 is 0. The number of amides is 1. The Balaban J connectivity index is 1.86. The van der Waals surface area contributed by atoms with Gasteiger partial charge in [-0.15, -0.1) is 0 Å². The number of phosphoric ester groups is 1. The number of aliphatic hydroxyl groups excluding tert-OH is 3. The first kappa shape index (κ1) is 57.8. The predicted molar refractivity (Wildman–Crippen MR) is 259 cm³/mol. The number of rotatable bonds is 38. The first-order valence-electron chi connectivity index (χ1n) is 25.6. The number of unbranched alkanes of at least 4 members (excludes halogenated alkanes) is 18. The molecule has 1 amide bonds. The molecule has 0 radical (unpaired) electrons. The summed E-state index contributed by atoms with van der Waals surface area (Å²) in [5.41, 5.74) is 0. The van der Waals surface area contributed by atoms with Gasteiger partial charge < -0.3 is 43.9 Å². The molecule has 3 rings (SSSR count). The van der Waals surface area contributed by atoms with E-state index in [-0.39, 0.29) is 30.8 Å². The topological polar surface area (TPSA) is 196 Å². The minimum atomic E-state index is -4.77. The fourth-order valence-corrected chi connectivity index (χ4v) is 9.64. The smallest absolute Gasteiger partial charge is 0.462 e. The van der Waals surface area contributed by atoms with Crippen LogP contribution < -0.4 is 14.4 Å². The molecule has 1 aliphatic rings. The number of carbonyl (C=O) groups excluding carboxylic acids is 3. The summed E-state index contributed by atoms with van der Waals surface area (Å²) in [6.07, 6.45) is 13.7. The Morgan fingerprint density at radius 1 is 0.642 bits per heavy atom. The first-order chi connectivity index (χ1) is 32.5. The van der Waals surface area contributed by atoms with Crippen molar-refractivity contribution >= 4 is 25.7 Å². The fraction of sp³-hybridized carbons (Fsp3) is 0.712. The lowest BCUT2D eigenvalue weighted by molar-refractivity contribution is -0.256. The fourth-order valence-electron chi connectivity index (χ4n) is 8.21. The number of benzene rings is 2. The maximum atomic E-state index is 14.8. The molecule has 0 bridgehead atoms. The third kappa shape index (κ3) is 24.6. The molecule has 15 heteroatoms. The van der Waals surface area contributed by atoms with Crippen LogP contribution in [0.2, 0.25) is 0 Å². The molecular weight excluding hydrogens is 878 g/mol. The number of phosphoric acid groups is 1. The molecule has 1 saturated heterocycles. The van der Waals surface area contributed by atoms with E-state index in [1.165, 1.54) is 69.2 Å². The van der Waals surface area contributed by atoms with Crippen LogP contribution in [-0.4, -0.2) is 82.6 Å². The van der Waals surface area contributed by atoms with Crippen molar-refractivity contribution in [2.45, 2.75) is 231 Å². The molecule has 67 heavy (non-hydrogen) atoms. The minimum absolute atomic E-state index is 0.110. The van der Waals surface area contributed by atoms with Gasteiger partial charge in [0.25, 0.3) is 0 Å². The SMILES string of the molecule is CCCCCCCCCCCC(O)CC(=O)N[C@H]1C(O)O[C@H](CO)[C@@H](OP(=O)(Oc2ccccc2)Oc2ccccc2)[C@@H]1OC(=O)CC(CCCCCCC)OC(=O)CCCCCCCCC. The number of nitrogens with one attached hydrogen (secondary N) is 1.